The predicted molar refractivity (Wildman–Crippen MR) is 132 cm³/mol. The van der Waals surface area contributed by atoms with Crippen LogP contribution < -0.4 is 4.90 Å². The number of carbonyl (C=O) groups is 1. The van der Waals surface area contributed by atoms with E-state index < -0.39 is 0 Å². The first-order valence-corrected chi connectivity index (χ1v) is 12.5. The number of morpholine rings is 1. The van der Waals surface area contributed by atoms with Crippen molar-refractivity contribution in [1.82, 2.24) is 4.90 Å². The Labute approximate surface area is 198 Å². The van der Waals surface area contributed by atoms with E-state index in [2.05, 4.69) is 22.0 Å². The van der Waals surface area contributed by atoms with Gasteiger partial charge in [-0.2, -0.15) is 0 Å². The van der Waals surface area contributed by atoms with E-state index in [-0.39, 0.29) is 23.5 Å². The van der Waals surface area contributed by atoms with Crippen molar-refractivity contribution in [2.75, 3.05) is 31.2 Å². The van der Waals surface area contributed by atoms with E-state index >= 15 is 0 Å². The molecule has 1 aliphatic carbocycles. The lowest BCUT2D eigenvalue weighted by atomic mass is 9.94. The molecule has 0 atom stereocenters. The second-order valence-corrected chi connectivity index (χ2v) is 9.62. The zero-order chi connectivity index (χ0) is 22.6. The molecule has 1 amide bonds. The van der Waals surface area contributed by atoms with Gasteiger partial charge >= 0.3 is 0 Å². The summed E-state index contributed by atoms with van der Waals surface area (Å²) in [5.41, 5.74) is 2.40. The number of hydrogen-bond acceptors (Lipinski definition) is 5. The van der Waals surface area contributed by atoms with Gasteiger partial charge in [0.15, 0.2) is 5.17 Å². The molecule has 2 heterocycles. The number of anilines is 1. The number of carbonyl (C=O) groups excluding carboxylic acids is 1. The van der Waals surface area contributed by atoms with Crippen molar-refractivity contribution in [1.29, 1.82) is 0 Å². The average molecular weight is 466 g/mol. The smallest absolute Gasteiger partial charge is 0.267 e. The number of thioether (sulfide) groups is 1. The van der Waals surface area contributed by atoms with Gasteiger partial charge in [0, 0.05) is 24.8 Å². The van der Waals surface area contributed by atoms with E-state index in [1.807, 2.05) is 23.1 Å². The monoisotopic (exact) mass is 465 g/mol. The lowest BCUT2D eigenvalue weighted by molar-refractivity contribution is -0.124. The van der Waals surface area contributed by atoms with Crippen molar-refractivity contribution in [2.45, 2.75) is 38.1 Å². The SMILES string of the molecule is O=C1/C(=C/c2ccc(N3CCOCC3)cc2)SC(=Nc2ccccc2F)N1C1CCCCC1. The topological polar surface area (TPSA) is 45.1 Å². The third-order valence-corrected chi connectivity index (χ3v) is 7.40. The standard InChI is InChI=1S/C26H28FN3O2S/c27-22-8-4-5-9-23(22)28-26-30(21-6-2-1-3-7-21)25(31)24(33-26)18-19-10-12-20(13-11-19)29-14-16-32-17-15-29/h4-5,8-13,18,21H,1-3,6-7,14-17H2/b24-18-,28-26?. The highest BCUT2D eigenvalue weighted by Gasteiger charge is 2.38. The van der Waals surface area contributed by atoms with Gasteiger partial charge in [0.2, 0.25) is 0 Å². The Balaban J connectivity index is 1.42. The van der Waals surface area contributed by atoms with Gasteiger partial charge < -0.3 is 9.64 Å². The van der Waals surface area contributed by atoms with Gasteiger partial charge in [0.05, 0.1) is 18.1 Å². The van der Waals surface area contributed by atoms with Crippen LogP contribution in [0.2, 0.25) is 0 Å². The maximum absolute atomic E-state index is 14.3. The highest BCUT2D eigenvalue weighted by atomic mass is 32.2. The summed E-state index contributed by atoms with van der Waals surface area (Å²) in [6.07, 6.45) is 7.26. The summed E-state index contributed by atoms with van der Waals surface area (Å²) in [7, 11) is 0. The van der Waals surface area contributed by atoms with E-state index in [1.54, 1.807) is 18.2 Å². The summed E-state index contributed by atoms with van der Waals surface area (Å²) < 4.78 is 19.7. The number of aliphatic imine (C=N–C) groups is 1. The Hall–Kier alpha value is -2.64. The summed E-state index contributed by atoms with van der Waals surface area (Å²) in [5.74, 6) is -0.406. The van der Waals surface area contributed by atoms with Crippen LogP contribution in [0.5, 0.6) is 0 Å². The first-order valence-electron chi connectivity index (χ1n) is 11.7. The fourth-order valence-corrected chi connectivity index (χ4v) is 5.68. The molecule has 0 N–H and O–H groups in total. The number of amides is 1. The number of ether oxygens (including phenoxy) is 1. The van der Waals surface area contributed by atoms with Gasteiger partial charge in [-0.15, -0.1) is 0 Å². The second-order valence-electron chi connectivity index (χ2n) is 8.61. The molecule has 2 aromatic carbocycles. The van der Waals surface area contributed by atoms with E-state index in [4.69, 9.17) is 4.74 Å². The van der Waals surface area contributed by atoms with Crippen LogP contribution >= 0.6 is 11.8 Å². The van der Waals surface area contributed by atoms with E-state index in [9.17, 15) is 9.18 Å². The van der Waals surface area contributed by atoms with Gasteiger partial charge in [-0.3, -0.25) is 9.69 Å². The molecule has 0 spiro atoms. The van der Waals surface area contributed by atoms with Gasteiger partial charge in [-0.25, -0.2) is 9.38 Å². The van der Waals surface area contributed by atoms with Crippen LogP contribution in [0.4, 0.5) is 15.8 Å². The van der Waals surface area contributed by atoms with Crippen LogP contribution in [0.15, 0.2) is 58.4 Å². The molecule has 1 saturated carbocycles. The third-order valence-electron chi connectivity index (χ3n) is 6.41. The number of para-hydroxylation sites is 1. The molecular weight excluding hydrogens is 437 g/mol. The van der Waals surface area contributed by atoms with E-state index in [1.165, 1.54) is 24.2 Å². The van der Waals surface area contributed by atoms with E-state index in [0.717, 1.165) is 63.2 Å². The van der Waals surface area contributed by atoms with Crippen molar-refractivity contribution >= 4 is 40.3 Å². The minimum absolute atomic E-state index is 0.0285. The van der Waals surface area contributed by atoms with Crippen LogP contribution in [0, 0.1) is 5.82 Å². The molecule has 2 aromatic rings. The van der Waals surface area contributed by atoms with Gasteiger partial charge in [0.1, 0.15) is 11.5 Å². The normalized spacial score (nSPS) is 22.5. The third kappa shape index (κ3) is 4.99. The maximum atomic E-state index is 14.3. The molecule has 0 bridgehead atoms. The van der Waals surface area contributed by atoms with Gasteiger partial charge in [0.25, 0.3) is 5.91 Å². The van der Waals surface area contributed by atoms with Crippen LogP contribution in [-0.4, -0.2) is 48.3 Å². The molecule has 0 unspecified atom stereocenters. The quantitative estimate of drug-likeness (QED) is 0.552. The summed E-state index contributed by atoms with van der Waals surface area (Å²) in [4.78, 5) is 22.8. The number of halogens is 1. The molecule has 5 nitrogen and oxygen atoms in total. The fourth-order valence-electron chi connectivity index (χ4n) is 4.63. The molecule has 172 valence electrons. The number of hydrogen-bond donors (Lipinski definition) is 0. The van der Waals surface area contributed by atoms with Crippen LogP contribution in [-0.2, 0) is 9.53 Å². The zero-order valence-electron chi connectivity index (χ0n) is 18.6. The van der Waals surface area contributed by atoms with Crippen molar-refractivity contribution in [3.63, 3.8) is 0 Å². The lowest BCUT2D eigenvalue weighted by Crippen LogP contribution is -2.40. The molecule has 3 fully saturated rings. The van der Waals surface area contributed by atoms with Crippen molar-refractivity contribution in [2.24, 2.45) is 4.99 Å². The Bertz CT molecular complexity index is 1060. The second kappa shape index (κ2) is 10.1. The summed E-state index contributed by atoms with van der Waals surface area (Å²) in [6.45, 7) is 3.28. The number of nitrogens with zero attached hydrogens (tertiary/aromatic N) is 3. The Morgan fingerprint density at radius 1 is 1.00 bits per heavy atom. The summed E-state index contributed by atoms with van der Waals surface area (Å²) in [6, 6.07) is 14.9. The molecule has 0 aromatic heterocycles. The maximum Gasteiger partial charge on any atom is 0.267 e. The van der Waals surface area contributed by atoms with Crippen molar-refractivity contribution in [3.05, 3.63) is 64.8 Å². The molecule has 7 heteroatoms. The zero-order valence-corrected chi connectivity index (χ0v) is 19.4. The highest BCUT2D eigenvalue weighted by Crippen LogP contribution is 2.39. The van der Waals surface area contributed by atoms with Crippen molar-refractivity contribution in [3.8, 4) is 0 Å². The molecule has 33 heavy (non-hydrogen) atoms. The summed E-state index contributed by atoms with van der Waals surface area (Å²) in [5, 5.41) is 0.577. The first kappa shape index (κ1) is 22.2. The molecule has 2 saturated heterocycles. The van der Waals surface area contributed by atoms with Crippen LogP contribution in [0.1, 0.15) is 37.7 Å². The van der Waals surface area contributed by atoms with Crippen molar-refractivity contribution < 1.29 is 13.9 Å². The van der Waals surface area contributed by atoms with Gasteiger partial charge in [-0.05, 0) is 60.5 Å². The minimum atomic E-state index is -0.377. The number of rotatable bonds is 4. The highest BCUT2D eigenvalue weighted by molar-refractivity contribution is 8.18. The van der Waals surface area contributed by atoms with Crippen LogP contribution in [0.25, 0.3) is 6.08 Å². The molecular formula is C26H28FN3O2S. The Morgan fingerprint density at radius 3 is 2.45 bits per heavy atom. The molecule has 5 rings (SSSR count). The van der Waals surface area contributed by atoms with Gasteiger partial charge in [-0.1, -0.05) is 43.5 Å². The number of amidine groups is 1. The van der Waals surface area contributed by atoms with Crippen LogP contribution in [0.3, 0.4) is 0 Å². The Kier molecular flexibility index (Phi) is 6.78. The Morgan fingerprint density at radius 2 is 1.73 bits per heavy atom. The molecule has 0 radical (unpaired) electrons. The average Bonchev–Trinajstić information content (AvgIpc) is 3.16. The molecule has 3 aliphatic rings. The molecule has 2 aliphatic heterocycles. The fraction of sp³-hybridized carbons (Fsp3) is 0.385. The first-order chi connectivity index (χ1) is 16.2. The van der Waals surface area contributed by atoms with E-state index in [0.29, 0.717) is 10.1 Å². The summed E-state index contributed by atoms with van der Waals surface area (Å²) >= 11 is 1.35. The minimum Gasteiger partial charge on any atom is -0.378 e. The number of benzene rings is 2. The lowest BCUT2D eigenvalue weighted by Gasteiger charge is -2.30. The largest absolute Gasteiger partial charge is 0.378 e. The predicted octanol–water partition coefficient (Wildman–Crippen LogP) is 5.60.